The van der Waals surface area contributed by atoms with Crippen molar-refractivity contribution in [1.82, 2.24) is 9.36 Å². The van der Waals surface area contributed by atoms with Crippen LogP contribution in [0.3, 0.4) is 0 Å². The van der Waals surface area contributed by atoms with Crippen molar-refractivity contribution < 1.29 is 26.7 Å². The molecule has 1 aromatic heterocycles. The van der Waals surface area contributed by atoms with Crippen molar-refractivity contribution in [2.45, 2.75) is 6.92 Å². The number of phenolic OH excluding ortho intramolecular Hbond substituents is 1. The fourth-order valence-electron chi connectivity index (χ4n) is 3.43. The first-order chi connectivity index (χ1) is 18.9. The second-order valence-corrected chi connectivity index (χ2v) is 12.8. The summed E-state index contributed by atoms with van der Waals surface area (Å²) < 4.78 is 61.0. The standard InChI is InChI=1S/C24H25N7O6S3/c1-15-11-18(13-20(22(15)32)25-14-37-21-10-5-4-9-19(21)31-40(3,35)36)27-28-24-26-23(29-38-24)16-7-6-8-17(12-16)30-39(2,33)34/h4-13,25,30-32H,14H2,1-3H3. The molecule has 210 valence electrons. The average molecular weight is 604 g/mol. The summed E-state index contributed by atoms with van der Waals surface area (Å²) in [4.78, 5) is 4.35. The van der Waals surface area contributed by atoms with Gasteiger partial charge in [0.2, 0.25) is 25.2 Å². The minimum atomic E-state index is -3.49. The Morgan fingerprint density at radius 1 is 0.925 bits per heavy atom. The van der Waals surface area contributed by atoms with Crippen molar-refractivity contribution in [3.63, 3.8) is 0 Å². The molecule has 4 N–H and O–H groups in total. The Kier molecular flexibility index (Phi) is 8.51. The zero-order valence-corrected chi connectivity index (χ0v) is 23.9. The normalized spacial score (nSPS) is 11.9. The van der Waals surface area contributed by atoms with Gasteiger partial charge in [-0.3, -0.25) is 9.44 Å². The molecule has 0 saturated heterocycles. The number of benzene rings is 3. The van der Waals surface area contributed by atoms with Crippen LogP contribution in [0.1, 0.15) is 5.56 Å². The van der Waals surface area contributed by atoms with Crippen LogP contribution >= 0.6 is 11.5 Å². The highest BCUT2D eigenvalue weighted by Crippen LogP contribution is 2.34. The number of hydrogen-bond donors (Lipinski definition) is 4. The number of aryl methyl sites for hydroxylation is 1. The van der Waals surface area contributed by atoms with Crippen LogP contribution in [0.15, 0.2) is 70.9 Å². The van der Waals surface area contributed by atoms with E-state index in [0.717, 1.165) is 24.0 Å². The maximum absolute atomic E-state index is 11.6. The highest BCUT2D eigenvalue weighted by atomic mass is 32.2. The minimum Gasteiger partial charge on any atom is -0.506 e. The summed E-state index contributed by atoms with van der Waals surface area (Å²) >= 11 is 1.02. The predicted octanol–water partition coefficient (Wildman–Crippen LogP) is 4.83. The van der Waals surface area contributed by atoms with Crippen LogP contribution in [0.4, 0.5) is 27.9 Å². The number of azo groups is 1. The van der Waals surface area contributed by atoms with Crippen molar-refractivity contribution in [2.24, 2.45) is 10.2 Å². The first-order valence-electron chi connectivity index (χ1n) is 11.5. The SMILES string of the molecule is Cc1cc(N=Nc2nc(-c3cccc(NS(C)(=O)=O)c3)ns2)cc(NCOc2ccccc2NS(C)(=O)=O)c1O. The van der Waals surface area contributed by atoms with Crippen LogP contribution in [0.5, 0.6) is 11.5 Å². The van der Waals surface area contributed by atoms with Gasteiger partial charge in [-0.05, 0) is 48.9 Å². The van der Waals surface area contributed by atoms with E-state index < -0.39 is 20.0 Å². The van der Waals surface area contributed by atoms with Gasteiger partial charge >= 0.3 is 0 Å². The molecule has 0 aliphatic heterocycles. The van der Waals surface area contributed by atoms with Gasteiger partial charge in [-0.1, -0.05) is 24.3 Å². The number of aromatic hydroxyl groups is 1. The van der Waals surface area contributed by atoms with Gasteiger partial charge in [-0.25, -0.2) is 16.8 Å². The van der Waals surface area contributed by atoms with Crippen molar-refractivity contribution in [3.8, 4) is 22.9 Å². The number of para-hydroxylation sites is 2. The fourth-order valence-corrected chi connectivity index (χ4v) is 5.07. The van der Waals surface area contributed by atoms with Crippen LogP contribution in [0, 0.1) is 6.92 Å². The lowest BCUT2D eigenvalue weighted by molar-refractivity contribution is 0.347. The number of anilines is 3. The summed E-state index contributed by atoms with van der Waals surface area (Å²) in [6, 6.07) is 16.4. The molecule has 0 spiro atoms. The molecule has 0 radical (unpaired) electrons. The fraction of sp³-hybridized carbons (Fsp3) is 0.167. The molecule has 4 aromatic rings. The van der Waals surface area contributed by atoms with Gasteiger partial charge < -0.3 is 15.2 Å². The van der Waals surface area contributed by atoms with Crippen molar-refractivity contribution in [3.05, 3.63) is 66.2 Å². The summed E-state index contributed by atoms with van der Waals surface area (Å²) in [6.45, 7) is 1.62. The number of hydrogen-bond acceptors (Lipinski definition) is 12. The molecule has 4 rings (SSSR count). The number of phenols is 1. The van der Waals surface area contributed by atoms with Crippen LogP contribution < -0.4 is 19.5 Å². The lowest BCUT2D eigenvalue weighted by Crippen LogP contribution is -2.13. The van der Waals surface area contributed by atoms with E-state index in [-0.39, 0.29) is 23.3 Å². The van der Waals surface area contributed by atoms with E-state index in [4.69, 9.17) is 4.74 Å². The predicted molar refractivity (Wildman–Crippen MR) is 155 cm³/mol. The van der Waals surface area contributed by atoms with E-state index in [9.17, 15) is 21.9 Å². The van der Waals surface area contributed by atoms with E-state index in [0.29, 0.717) is 39.8 Å². The van der Waals surface area contributed by atoms with Gasteiger partial charge in [-0.2, -0.15) is 9.36 Å². The van der Waals surface area contributed by atoms with Crippen LogP contribution in [-0.2, 0) is 20.0 Å². The Labute approximate surface area is 235 Å². The van der Waals surface area contributed by atoms with Crippen molar-refractivity contribution >= 4 is 59.5 Å². The van der Waals surface area contributed by atoms with Gasteiger partial charge in [0.25, 0.3) is 0 Å². The molecule has 0 bridgehead atoms. The number of sulfonamides is 2. The summed E-state index contributed by atoms with van der Waals surface area (Å²) in [6.07, 6.45) is 2.11. The van der Waals surface area contributed by atoms with E-state index >= 15 is 0 Å². The Morgan fingerprint density at radius 3 is 2.42 bits per heavy atom. The Hall–Kier alpha value is -4.28. The van der Waals surface area contributed by atoms with Gasteiger partial charge in [0.05, 0.1) is 29.6 Å². The molecule has 13 nitrogen and oxygen atoms in total. The summed E-state index contributed by atoms with van der Waals surface area (Å²) in [7, 11) is -6.92. The molecule has 1 heterocycles. The third kappa shape index (κ3) is 8.11. The highest BCUT2D eigenvalue weighted by Gasteiger charge is 2.12. The molecule has 0 aliphatic rings. The molecule has 0 atom stereocenters. The van der Waals surface area contributed by atoms with Crippen molar-refractivity contribution in [1.29, 1.82) is 0 Å². The molecular weight excluding hydrogens is 579 g/mol. The summed E-state index contributed by atoms with van der Waals surface area (Å²) in [5, 5.41) is 22.1. The lowest BCUT2D eigenvalue weighted by atomic mass is 10.1. The molecule has 0 aliphatic carbocycles. The number of rotatable bonds is 11. The molecule has 0 unspecified atom stereocenters. The van der Waals surface area contributed by atoms with E-state index in [2.05, 4.69) is 34.3 Å². The van der Waals surface area contributed by atoms with Gasteiger partial charge in [0, 0.05) is 22.8 Å². The number of nitrogens with zero attached hydrogens (tertiary/aromatic N) is 4. The maximum Gasteiger partial charge on any atom is 0.249 e. The summed E-state index contributed by atoms with van der Waals surface area (Å²) in [5.74, 6) is 0.659. The highest BCUT2D eigenvalue weighted by molar-refractivity contribution is 7.92. The van der Waals surface area contributed by atoms with Gasteiger partial charge in [0.15, 0.2) is 12.6 Å². The van der Waals surface area contributed by atoms with Crippen molar-refractivity contribution in [2.75, 3.05) is 34.0 Å². The van der Waals surface area contributed by atoms with E-state index in [1.807, 2.05) is 0 Å². The molecule has 16 heteroatoms. The van der Waals surface area contributed by atoms with Crippen LogP contribution in [-0.4, -0.2) is 50.5 Å². The largest absolute Gasteiger partial charge is 0.506 e. The van der Waals surface area contributed by atoms with Crippen LogP contribution in [0.25, 0.3) is 11.4 Å². The van der Waals surface area contributed by atoms with E-state index in [1.54, 1.807) is 67.6 Å². The maximum atomic E-state index is 11.6. The lowest BCUT2D eigenvalue weighted by Gasteiger charge is -2.14. The van der Waals surface area contributed by atoms with Crippen LogP contribution in [0.2, 0.25) is 0 Å². The monoisotopic (exact) mass is 603 g/mol. The topological polar surface area (TPSA) is 184 Å². The molecule has 3 aromatic carbocycles. The zero-order valence-electron chi connectivity index (χ0n) is 21.5. The third-order valence-electron chi connectivity index (χ3n) is 5.05. The van der Waals surface area contributed by atoms with E-state index in [1.165, 1.54) is 0 Å². The Morgan fingerprint density at radius 2 is 1.68 bits per heavy atom. The van der Waals surface area contributed by atoms with Gasteiger partial charge in [-0.15, -0.1) is 10.2 Å². The average Bonchev–Trinajstić information content (AvgIpc) is 3.34. The second kappa shape index (κ2) is 11.8. The Bertz CT molecular complexity index is 1770. The number of ether oxygens (including phenoxy) is 1. The smallest absolute Gasteiger partial charge is 0.249 e. The molecular formula is C24H25N7O6S3. The summed E-state index contributed by atoms with van der Waals surface area (Å²) in [5.41, 5.74) is 2.56. The third-order valence-corrected chi connectivity index (χ3v) is 6.85. The first kappa shape index (κ1) is 28.7. The Balaban J connectivity index is 1.45. The molecule has 40 heavy (non-hydrogen) atoms. The second-order valence-electron chi connectivity index (χ2n) is 8.55. The number of nitrogens with one attached hydrogen (secondary N) is 3. The van der Waals surface area contributed by atoms with Gasteiger partial charge in [0.1, 0.15) is 11.5 Å². The quantitative estimate of drug-likeness (QED) is 0.106. The first-order valence-corrected chi connectivity index (χ1v) is 16.0. The molecule has 0 fully saturated rings. The molecule has 0 saturated carbocycles. The minimum absolute atomic E-state index is 0.00844. The zero-order chi connectivity index (χ0) is 28.9. The number of aromatic nitrogens is 2. The molecule has 0 amide bonds.